The number of rotatable bonds is 8. The van der Waals surface area contributed by atoms with Gasteiger partial charge in [-0.25, -0.2) is 0 Å². The molecule has 1 atom stereocenters. The summed E-state index contributed by atoms with van der Waals surface area (Å²) in [5.74, 6) is 0.395. The molecule has 2 heterocycles. The molecule has 0 aliphatic carbocycles. The van der Waals surface area contributed by atoms with Crippen molar-refractivity contribution in [1.82, 2.24) is 5.32 Å². The number of para-hydroxylation sites is 2. The van der Waals surface area contributed by atoms with Crippen LogP contribution in [0.3, 0.4) is 0 Å². The van der Waals surface area contributed by atoms with Crippen LogP contribution < -0.4 is 25.2 Å². The summed E-state index contributed by atoms with van der Waals surface area (Å²) >= 11 is 5.96. The molecule has 8 nitrogen and oxygen atoms in total. The van der Waals surface area contributed by atoms with Crippen LogP contribution in [0.4, 0.5) is 17.1 Å². The van der Waals surface area contributed by atoms with Gasteiger partial charge < -0.3 is 29.9 Å². The number of anilines is 3. The van der Waals surface area contributed by atoms with E-state index < -0.39 is 0 Å². The van der Waals surface area contributed by atoms with Crippen molar-refractivity contribution in [2.75, 3.05) is 61.6 Å². The van der Waals surface area contributed by atoms with Gasteiger partial charge in [0.15, 0.2) is 0 Å². The van der Waals surface area contributed by atoms with Gasteiger partial charge in [-0.2, -0.15) is 0 Å². The zero-order valence-corrected chi connectivity index (χ0v) is 22.7. The number of nitrogens with zero attached hydrogens (tertiary/aromatic N) is 2. The maximum absolute atomic E-state index is 13.4. The van der Waals surface area contributed by atoms with Crippen LogP contribution in [0, 0.1) is 0 Å². The molecule has 3 aromatic carbocycles. The van der Waals surface area contributed by atoms with Gasteiger partial charge in [-0.1, -0.05) is 23.7 Å². The Morgan fingerprint density at radius 1 is 0.949 bits per heavy atom. The first-order chi connectivity index (χ1) is 19.0. The first-order valence-electron chi connectivity index (χ1n) is 13.3. The number of carbonyl (C=O) groups is 2. The third-order valence-corrected chi connectivity index (χ3v) is 7.42. The monoisotopic (exact) mass is 548 g/mol. The van der Waals surface area contributed by atoms with Crippen molar-refractivity contribution in [2.45, 2.75) is 18.9 Å². The lowest BCUT2D eigenvalue weighted by atomic mass is 10.1. The number of nitrogens with one attached hydrogen (secondary N) is 2. The lowest BCUT2D eigenvalue weighted by molar-refractivity contribution is 0.0858. The van der Waals surface area contributed by atoms with Crippen LogP contribution in [0.2, 0.25) is 5.02 Å². The second-order valence-electron chi connectivity index (χ2n) is 9.68. The molecule has 2 N–H and O–H groups in total. The number of ether oxygens (including phenoxy) is 2. The molecule has 0 bridgehead atoms. The minimum Gasteiger partial charge on any atom is -0.495 e. The minimum absolute atomic E-state index is 0.0367. The fraction of sp³-hybridized carbons (Fsp3) is 0.333. The molecule has 204 valence electrons. The van der Waals surface area contributed by atoms with Crippen LogP contribution >= 0.6 is 11.6 Å². The van der Waals surface area contributed by atoms with Crippen LogP contribution in [0.1, 0.15) is 33.6 Å². The third-order valence-electron chi connectivity index (χ3n) is 7.17. The van der Waals surface area contributed by atoms with E-state index in [-0.39, 0.29) is 17.9 Å². The molecule has 3 aromatic rings. The van der Waals surface area contributed by atoms with Gasteiger partial charge in [0.05, 0.1) is 24.5 Å². The van der Waals surface area contributed by atoms with E-state index in [9.17, 15) is 9.59 Å². The van der Waals surface area contributed by atoms with Crippen LogP contribution in [0.15, 0.2) is 66.7 Å². The molecule has 2 saturated heterocycles. The van der Waals surface area contributed by atoms with Gasteiger partial charge in [0, 0.05) is 61.3 Å². The van der Waals surface area contributed by atoms with Crippen molar-refractivity contribution >= 4 is 40.5 Å². The zero-order valence-electron chi connectivity index (χ0n) is 22.0. The molecule has 0 saturated carbocycles. The fourth-order valence-corrected chi connectivity index (χ4v) is 5.19. The summed E-state index contributed by atoms with van der Waals surface area (Å²) in [5.41, 5.74) is 3.46. The molecule has 0 radical (unpaired) electrons. The number of benzene rings is 3. The predicted octanol–water partition coefficient (Wildman–Crippen LogP) is 4.84. The standard InChI is InChI=1S/C30H33ClN4O4/c1-38-28-7-3-2-6-27(28)35-16-14-34(15-17-35)26-13-12-23(33-29(36)21-8-10-22(31)11-9-21)19-25(26)30(37)32-20-24-5-4-18-39-24/h2-3,6-13,19,24H,4-5,14-18,20H2,1H3,(H,32,37)(H,33,36). The summed E-state index contributed by atoms with van der Waals surface area (Å²) in [4.78, 5) is 30.8. The number of piperazine rings is 1. The number of carbonyl (C=O) groups excluding carboxylic acids is 2. The van der Waals surface area contributed by atoms with Crippen molar-refractivity contribution in [3.05, 3.63) is 82.9 Å². The molecular weight excluding hydrogens is 516 g/mol. The van der Waals surface area contributed by atoms with Crippen LogP contribution in [0.5, 0.6) is 5.75 Å². The van der Waals surface area contributed by atoms with Gasteiger partial charge in [0.1, 0.15) is 5.75 Å². The average molecular weight is 549 g/mol. The van der Waals surface area contributed by atoms with E-state index in [0.29, 0.717) is 28.4 Å². The van der Waals surface area contributed by atoms with Crippen molar-refractivity contribution in [3.63, 3.8) is 0 Å². The highest BCUT2D eigenvalue weighted by Crippen LogP contribution is 2.31. The summed E-state index contributed by atoms with van der Waals surface area (Å²) in [6.45, 7) is 4.23. The first-order valence-corrected chi connectivity index (χ1v) is 13.6. The number of halogens is 1. The quantitative estimate of drug-likeness (QED) is 0.419. The molecule has 1 unspecified atom stereocenters. The highest BCUT2D eigenvalue weighted by atomic mass is 35.5. The number of methoxy groups -OCH3 is 1. The SMILES string of the molecule is COc1ccccc1N1CCN(c2ccc(NC(=O)c3ccc(Cl)cc3)cc2C(=O)NCC2CCCO2)CC1. The summed E-state index contributed by atoms with van der Waals surface area (Å²) in [6.07, 6.45) is 1.98. The minimum atomic E-state index is -0.268. The number of amides is 2. The number of hydrogen-bond acceptors (Lipinski definition) is 6. The number of hydrogen-bond donors (Lipinski definition) is 2. The highest BCUT2D eigenvalue weighted by molar-refractivity contribution is 6.30. The van der Waals surface area contributed by atoms with Crippen molar-refractivity contribution in [1.29, 1.82) is 0 Å². The molecule has 2 fully saturated rings. The van der Waals surface area contributed by atoms with Crippen LogP contribution in [-0.4, -0.2) is 64.4 Å². The third kappa shape index (κ3) is 6.46. The Morgan fingerprint density at radius 3 is 2.36 bits per heavy atom. The summed E-state index contributed by atoms with van der Waals surface area (Å²) in [6, 6.07) is 20.2. The van der Waals surface area contributed by atoms with Gasteiger partial charge in [0.2, 0.25) is 0 Å². The van der Waals surface area contributed by atoms with E-state index in [1.165, 1.54) is 0 Å². The molecular formula is C30H33ClN4O4. The maximum atomic E-state index is 13.4. The van der Waals surface area contributed by atoms with E-state index in [0.717, 1.165) is 62.8 Å². The largest absolute Gasteiger partial charge is 0.495 e. The van der Waals surface area contributed by atoms with Gasteiger partial charge >= 0.3 is 0 Å². The van der Waals surface area contributed by atoms with Crippen molar-refractivity contribution in [3.8, 4) is 5.75 Å². The predicted molar refractivity (Wildman–Crippen MR) is 155 cm³/mol. The van der Waals surface area contributed by atoms with E-state index >= 15 is 0 Å². The van der Waals surface area contributed by atoms with Gasteiger partial charge in [-0.3, -0.25) is 9.59 Å². The van der Waals surface area contributed by atoms with E-state index in [2.05, 4.69) is 26.5 Å². The molecule has 0 spiro atoms. The first kappa shape index (κ1) is 26.8. The Balaban J connectivity index is 1.34. The Hall–Kier alpha value is -3.75. The Morgan fingerprint density at radius 2 is 1.67 bits per heavy atom. The van der Waals surface area contributed by atoms with E-state index in [1.807, 2.05) is 30.3 Å². The van der Waals surface area contributed by atoms with Crippen molar-refractivity contribution in [2.24, 2.45) is 0 Å². The van der Waals surface area contributed by atoms with Crippen molar-refractivity contribution < 1.29 is 19.1 Å². The maximum Gasteiger partial charge on any atom is 0.255 e. The van der Waals surface area contributed by atoms with E-state index in [4.69, 9.17) is 21.1 Å². The Bertz CT molecular complexity index is 1300. The molecule has 2 amide bonds. The van der Waals surface area contributed by atoms with Crippen LogP contribution in [0.25, 0.3) is 0 Å². The summed E-state index contributed by atoms with van der Waals surface area (Å²) < 4.78 is 11.2. The molecule has 2 aliphatic heterocycles. The summed E-state index contributed by atoms with van der Waals surface area (Å²) in [5, 5.41) is 6.52. The zero-order chi connectivity index (χ0) is 27.2. The summed E-state index contributed by atoms with van der Waals surface area (Å²) in [7, 11) is 1.68. The molecule has 2 aliphatic rings. The Kier molecular flexibility index (Phi) is 8.54. The Labute approximate surface area is 233 Å². The highest BCUT2D eigenvalue weighted by Gasteiger charge is 2.25. The van der Waals surface area contributed by atoms with Gasteiger partial charge in [-0.15, -0.1) is 0 Å². The average Bonchev–Trinajstić information content (AvgIpc) is 3.50. The lowest BCUT2D eigenvalue weighted by Crippen LogP contribution is -2.47. The fourth-order valence-electron chi connectivity index (χ4n) is 5.06. The van der Waals surface area contributed by atoms with Gasteiger partial charge in [-0.05, 0) is 67.4 Å². The molecule has 9 heteroatoms. The lowest BCUT2D eigenvalue weighted by Gasteiger charge is -2.38. The second kappa shape index (κ2) is 12.4. The van der Waals surface area contributed by atoms with Crippen LogP contribution in [-0.2, 0) is 4.74 Å². The molecule has 39 heavy (non-hydrogen) atoms. The molecule has 5 rings (SSSR count). The van der Waals surface area contributed by atoms with E-state index in [1.54, 1.807) is 37.4 Å². The smallest absolute Gasteiger partial charge is 0.255 e. The molecule has 0 aromatic heterocycles. The normalized spacial score (nSPS) is 17.1. The topological polar surface area (TPSA) is 83.1 Å². The second-order valence-corrected chi connectivity index (χ2v) is 10.1. The van der Waals surface area contributed by atoms with Gasteiger partial charge in [0.25, 0.3) is 11.8 Å².